The zero-order chi connectivity index (χ0) is 29.5. The Kier molecular flexibility index (Phi) is 9.26. The van der Waals surface area contributed by atoms with E-state index in [2.05, 4.69) is 5.32 Å². The molecule has 5 rings (SSSR count). The van der Waals surface area contributed by atoms with Gasteiger partial charge in [-0.3, -0.25) is 14.5 Å². The van der Waals surface area contributed by atoms with Crippen LogP contribution < -0.4 is 14.8 Å². The van der Waals surface area contributed by atoms with Crippen molar-refractivity contribution in [3.63, 3.8) is 0 Å². The number of rotatable bonds is 9. The zero-order valence-electron chi connectivity index (χ0n) is 23.0. The van der Waals surface area contributed by atoms with Crippen molar-refractivity contribution in [1.29, 1.82) is 0 Å². The van der Waals surface area contributed by atoms with E-state index in [1.165, 1.54) is 18.9 Å². The molecule has 1 heterocycles. The van der Waals surface area contributed by atoms with Crippen LogP contribution in [0, 0.1) is 0 Å². The summed E-state index contributed by atoms with van der Waals surface area (Å²) in [5.41, 5.74) is 3.02. The number of thioether (sulfide) groups is 1. The van der Waals surface area contributed by atoms with Crippen LogP contribution in [0.25, 0.3) is 6.08 Å². The molecule has 0 aromatic heterocycles. The van der Waals surface area contributed by atoms with E-state index in [0.717, 1.165) is 16.8 Å². The first-order valence-electron chi connectivity index (χ1n) is 13.2. The highest BCUT2D eigenvalue weighted by Gasteiger charge is 2.37. The van der Waals surface area contributed by atoms with Crippen molar-refractivity contribution in [1.82, 2.24) is 4.90 Å². The molecule has 42 heavy (non-hydrogen) atoms. The zero-order valence-corrected chi connectivity index (χ0v) is 24.6. The summed E-state index contributed by atoms with van der Waals surface area (Å²) >= 11 is 7.45. The molecule has 0 unspecified atom stereocenters. The normalized spacial score (nSPS) is 15.6. The first-order valence-corrected chi connectivity index (χ1v) is 14.4. The number of hydrogen-bond acceptors (Lipinski definition) is 6. The van der Waals surface area contributed by atoms with Crippen LogP contribution in [0.2, 0.25) is 5.02 Å². The van der Waals surface area contributed by atoms with Gasteiger partial charge in [0.15, 0.2) is 23.3 Å². The fraction of sp³-hybridized carbons (Fsp3) is 0.121. The van der Waals surface area contributed by atoms with Crippen molar-refractivity contribution in [2.24, 2.45) is 4.99 Å². The number of aliphatic imine (C=N–C) groups is 1. The van der Waals surface area contributed by atoms with Crippen LogP contribution in [0.1, 0.15) is 24.1 Å². The first kappa shape index (κ1) is 29.0. The lowest BCUT2D eigenvalue weighted by Gasteiger charge is -2.24. The molecule has 1 aliphatic heterocycles. The lowest BCUT2D eigenvalue weighted by molar-refractivity contribution is -0.123. The van der Waals surface area contributed by atoms with Crippen molar-refractivity contribution >= 4 is 57.8 Å². The highest BCUT2D eigenvalue weighted by Crippen LogP contribution is 2.40. The van der Waals surface area contributed by atoms with Crippen molar-refractivity contribution in [3.8, 4) is 11.5 Å². The second kappa shape index (κ2) is 13.4. The predicted molar refractivity (Wildman–Crippen MR) is 169 cm³/mol. The smallest absolute Gasteiger partial charge is 0.267 e. The monoisotopic (exact) mass is 597 g/mol. The number of methoxy groups -OCH3 is 1. The van der Waals surface area contributed by atoms with Gasteiger partial charge in [-0.2, -0.15) is 0 Å². The topological polar surface area (TPSA) is 80.2 Å². The number of benzene rings is 4. The average molecular weight is 598 g/mol. The molecule has 212 valence electrons. The van der Waals surface area contributed by atoms with Gasteiger partial charge in [0.05, 0.1) is 34.5 Å². The van der Waals surface area contributed by atoms with Gasteiger partial charge in [-0.15, -0.1) is 0 Å². The molecule has 1 saturated heterocycles. The molecule has 0 radical (unpaired) electrons. The van der Waals surface area contributed by atoms with E-state index in [1.807, 2.05) is 79.7 Å². The third-order valence-corrected chi connectivity index (χ3v) is 7.79. The molecule has 2 amide bonds. The van der Waals surface area contributed by atoms with Crippen LogP contribution in [-0.4, -0.2) is 35.6 Å². The molecule has 1 atom stereocenters. The minimum absolute atomic E-state index is 0.137. The number of nitrogens with zero attached hydrogens (tertiary/aromatic N) is 2. The molecule has 4 aromatic rings. The molecule has 0 bridgehead atoms. The highest BCUT2D eigenvalue weighted by atomic mass is 35.5. The largest absolute Gasteiger partial charge is 0.493 e. The van der Waals surface area contributed by atoms with Gasteiger partial charge >= 0.3 is 0 Å². The van der Waals surface area contributed by atoms with Crippen molar-refractivity contribution in [2.75, 3.05) is 19.0 Å². The summed E-state index contributed by atoms with van der Waals surface area (Å²) in [7, 11) is 1.52. The van der Waals surface area contributed by atoms with Crippen molar-refractivity contribution < 1.29 is 19.1 Å². The number of carbonyl (C=O) groups excluding carboxylic acids is 2. The standard InChI is InChI=1S/C33H28ClN3O4S/c1-22(24-11-5-3-6-12-24)37-32(39)30(42-33(37)35-25-13-7-4-8-14-25)20-23-17-18-28(29(19-23)40-2)41-21-31(38)36-27-16-10-9-15-26(27)34/h3-20,22H,21H2,1-2H3,(H,36,38)/b30-20+,35-33?/t22-/m0/s1. The van der Waals surface area contributed by atoms with Crippen molar-refractivity contribution in [2.45, 2.75) is 13.0 Å². The summed E-state index contributed by atoms with van der Waals surface area (Å²) in [5.74, 6) is 0.326. The minimum atomic E-state index is -0.359. The maximum absolute atomic E-state index is 13.7. The Bertz CT molecular complexity index is 1640. The maximum Gasteiger partial charge on any atom is 0.267 e. The lowest BCUT2D eigenvalue weighted by atomic mass is 10.1. The number of hydrogen-bond donors (Lipinski definition) is 1. The van der Waals surface area contributed by atoms with E-state index in [9.17, 15) is 9.59 Å². The summed E-state index contributed by atoms with van der Waals surface area (Å²) < 4.78 is 11.3. The van der Waals surface area contributed by atoms with Gasteiger partial charge in [-0.1, -0.05) is 78.3 Å². The van der Waals surface area contributed by atoms with Crippen LogP contribution in [0.3, 0.4) is 0 Å². The molecule has 1 aliphatic rings. The fourth-order valence-electron chi connectivity index (χ4n) is 4.34. The van der Waals surface area contributed by atoms with E-state index >= 15 is 0 Å². The van der Waals surface area contributed by atoms with Gasteiger partial charge in [-0.25, -0.2) is 4.99 Å². The SMILES string of the molecule is COc1cc(/C=C2/SC(=Nc3ccccc3)N([C@@H](C)c3ccccc3)C2=O)ccc1OCC(=O)Nc1ccccc1Cl. The molecule has 4 aromatic carbocycles. The first-order chi connectivity index (χ1) is 20.4. The summed E-state index contributed by atoms with van der Waals surface area (Å²) in [6, 6.07) is 31.5. The van der Waals surface area contributed by atoms with Crippen LogP contribution in [0.5, 0.6) is 11.5 Å². The third kappa shape index (κ3) is 6.84. The quantitative estimate of drug-likeness (QED) is 0.200. The highest BCUT2D eigenvalue weighted by molar-refractivity contribution is 8.18. The number of carbonyl (C=O) groups is 2. The summed E-state index contributed by atoms with van der Waals surface area (Å²) in [6.07, 6.45) is 1.81. The van der Waals surface area contributed by atoms with Crippen LogP contribution in [0.15, 0.2) is 113 Å². The van der Waals surface area contributed by atoms with Gasteiger partial charge < -0.3 is 14.8 Å². The number of amides is 2. The molecule has 0 aliphatic carbocycles. The van der Waals surface area contributed by atoms with Gasteiger partial charge in [-0.05, 0) is 72.3 Å². The summed E-state index contributed by atoms with van der Waals surface area (Å²) in [5, 5.41) is 3.77. The Labute approximate surface area is 253 Å². The third-order valence-electron chi connectivity index (χ3n) is 6.48. The van der Waals surface area contributed by atoms with Gasteiger partial charge in [0, 0.05) is 0 Å². The number of anilines is 1. The fourth-order valence-corrected chi connectivity index (χ4v) is 5.59. The molecule has 0 spiro atoms. The number of nitrogens with one attached hydrogen (secondary N) is 1. The summed E-state index contributed by atoms with van der Waals surface area (Å²) in [6.45, 7) is 1.76. The average Bonchev–Trinajstić information content (AvgIpc) is 3.31. The molecule has 1 N–H and O–H groups in total. The molecular formula is C33H28ClN3O4S. The van der Waals surface area contributed by atoms with Crippen LogP contribution in [-0.2, 0) is 9.59 Å². The Morgan fingerprint density at radius 3 is 2.38 bits per heavy atom. The van der Waals surface area contributed by atoms with E-state index in [-0.39, 0.29) is 24.5 Å². The Balaban J connectivity index is 1.36. The lowest BCUT2D eigenvalue weighted by Crippen LogP contribution is -2.32. The molecular weight excluding hydrogens is 570 g/mol. The maximum atomic E-state index is 13.7. The second-order valence-corrected chi connectivity index (χ2v) is 10.7. The van der Waals surface area contributed by atoms with E-state index in [0.29, 0.717) is 32.3 Å². The Morgan fingerprint density at radius 2 is 1.67 bits per heavy atom. The molecule has 1 fully saturated rings. The van der Waals surface area contributed by atoms with Gasteiger partial charge in [0.25, 0.3) is 11.8 Å². The Hall–Kier alpha value is -4.53. The number of amidine groups is 1. The molecule has 9 heteroatoms. The van der Waals surface area contributed by atoms with E-state index in [1.54, 1.807) is 41.3 Å². The second-order valence-electron chi connectivity index (χ2n) is 9.33. The number of ether oxygens (including phenoxy) is 2. The van der Waals surface area contributed by atoms with Gasteiger partial charge in [0.2, 0.25) is 0 Å². The number of halogens is 1. The van der Waals surface area contributed by atoms with E-state index in [4.69, 9.17) is 26.1 Å². The summed E-state index contributed by atoms with van der Waals surface area (Å²) in [4.78, 5) is 33.2. The van der Waals surface area contributed by atoms with Gasteiger partial charge in [0.1, 0.15) is 0 Å². The Morgan fingerprint density at radius 1 is 0.976 bits per heavy atom. The van der Waals surface area contributed by atoms with Crippen LogP contribution in [0.4, 0.5) is 11.4 Å². The van der Waals surface area contributed by atoms with Crippen LogP contribution >= 0.6 is 23.4 Å². The number of para-hydroxylation sites is 2. The van der Waals surface area contributed by atoms with Crippen molar-refractivity contribution in [3.05, 3.63) is 124 Å². The molecule has 7 nitrogen and oxygen atoms in total. The molecule has 0 saturated carbocycles. The minimum Gasteiger partial charge on any atom is -0.493 e. The van der Waals surface area contributed by atoms with E-state index < -0.39 is 0 Å². The predicted octanol–water partition coefficient (Wildman–Crippen LogP) is 7.73.